The number of hydrogen-bond donors (Lipinski definition) is 0. The summed E-state index contributed by atoms with van der Waals surface area (Å²) in [5.74, 6) is 0.656. The summed E-state index contributed by atoms with van der Waals surface area (Å²) in [4.78, 5) is 8.45. The van der Waals surface area contributed by atoms with Crippen LogP contribution in [0.2, 0.25) is 0 Å². The van der Waals surface area contributed by atoms with Crippen LogP contribution in [0.25, 0.3) is 10.9 Å². The molecular weight excluding hydrogens is 248 g/mol. The molecule has 2 aromatic carbocycles. The van der Waals surface area contributed by atoms with Gasteiger partial charge in [0.2, 0.25) is 5.88 Å². The Balaban J connectivity index is 1.71. The number of aryl methyl sites for hydroxylation is 1. The third-order valence-electron chi connectivity index (χ3n) is 3.22. The lowest BCUT2D eigenvalue weighted by molar-refractivity contribution is 0.313. The Morgan fingerprint density at radius 1 is 1.00 bits per heavy atom. The Morgan fingerprint density at radius 3 is 2.80 bits per heavy atom. The van der Waals surface area contributed by atoms with Gasteiger partial charge < -0.3 is 4.74 Å². The van der Waals surface area contributed by atoms with E-state index in [4.69, 9.17) is 4.74 Å². The van der Waals surface area contributed by atoms with E-state index >= 15 is 0 Å². The van der Waals surface area contributed by atoms with Gasteiger partial charge in [-0.05, 0) is 24.6 Å². The van der Waals surface area contributed by atoms with Crippen LogP contribution in [0.1, 0.15) is 11.1 Å². The van der Waals surface area contributed by atoms with Gasteiger partial charge in [0, 0.05) is 6.42 Å². The lowest BCUT2D eigenvalue weighted by Crippen LogP contribution is -2.03. The fourth-order valence-corrected chi connectivity index (χ4v) is 2.23. The largest absolute Gasteiger partial charge is 0.477 e. The second kappa shape index (κ2) is 5.70. The van der Waals surface area contributed by atoms with Crippen molar-refractivity contribution in [1.82, 2.24) is 9.97 Å². The Bertz CT molecular complexity index is 720. The molecule has 1 aromatic heterocycles. The van der Waals surface area contributed by atoms with Crippen molar-refractivity contribution in [2.45, 2.75) is 13.3 Å². The quantitative estimate of drug-likeness (QED) is 0.722. The molecule has 1 heterocycles. The molecule has 3 aromatic rings. The molecule has 0 atom stereocenters. The van der Waals surface area contributed by atoms with Crippen LogP contribution in [-0.4, -0.2) is 16.6 Å². The summed E-state index contributed by atoms with van der Waals surface area (Å²) in [7, 11) is 0. The topological polar surface area (TPSA) is 35.0 Å². The molecule has 0 N–H and O–H groups in total. The van der Waals surface area contributed by atoms with Gasteiger partial charge in [-0.2, -0.15) is 0 Å². The smallest absolute Gasteiger partial charge is 0.224 e. The molecule has 0 spiro atoms. The number of nitrogens with zero attached hydrogens (tertiary/aromatic N) is 2. The summed E-state index contributed by atoms with van der Waals surface area (Å²) in [6.07, 6.45) is 2.42. The maximum Gasteiger partial charge on any atom is 0.224 e. The molecule has 0 saturated heterocycles. The highest BCUT2D eigenvalue weighted by molar-refractivity contribution is 5.82. The molecule has 0 unspecified atom stereocenters. The Kier molecular flexibility index (Phi) is 3.59. The van der Waals surface area contributed by atoms with Crippen molar-refractivity contribution in [3.05, 3.63) is 66.0 Å². The van der Waals surface area contributed by atoms with Crippen LogP contribution in [0.3, 0.4) is 0 Å². The van der Waals surface area contributed by atoms with Crippen molar-refractivity contribution >= 4 is 10.9 Å². The van der Waals surface area contributed by atoms with E-state index in [2.05, 4.69) is 41.2 Å². The minimum atomic E-state index is 0.616. The lowest BCUT2D eigenvalue weighted by Gasteiger charge is -2.08. The van der Waals surface area contributed by atoms with Crippen molar-refractivity contribution in [3.8, 4) is 5.88 Å². The standard InChI is InChI=1S/C17H16N2O/c1-13-5-4-6-14(11-13)9-10-20-17-15-7-2-3-8-16(15)18-12-19-17/h2-8,11-12H,9-10H2,1H3. The van der Waals surface area contributed by atoms with Gasteiger partial charge in [-0.3, -0.25) is 0 Å². The first-order chi connectivity index (χ1) is 9.83. The summed E-state index contributed by atoms with van der Waals surface area (Å²) in [5.41, 5.74) is 3.46. The first kappa shape index (κ1) is 12.6. The van der Waals surface area contributed by atoms with Gasteiger partial charge in [0.1, 0.15) is 6.33 Å². The maximum absolute atomic E-state index is 5.81. The Labute approximate surface area is 118 Å². The number of hydrogen-bond acceptors (Lipinski definition) is 3. The molecule has 0 amide bonds. The van der Waals surface area contributed by atoms with E-state index in [1.165, 1.54) is 11.1 Å². The lowest BCUT2D eigenvalue weighted by atomic mass is 10.1. The van der Waals surface area contributed by atoms with Crippen LogP contribution in [0, 0.1) is 6.92 Å². The van der Waals surface area contributed by atoms with Crippen LogP contribution in [0.15, 0.2) is 54.9 Å². The van der Waals surface area contributed by atoms with Gasteiger partial charge in [-0.1, -0.05) is 42.0 Å². The SMILES string of the molecule is Cc1cccc(CCOc2ncnc3ccccc23)c1. The van der Waals surface area contributed by atoms with Crippen molar-refractivity contribution in [3.63, 3.8) is 0 Å². The number of rotatable bonds is 4. The van der Waals surface area contributed by atoms with E-state index in [9.17, 15) is 0 Å². The zero-order chi connectivity index (χ0) is 13.8. The predicted octanol–water partition coefficient (Wildman–Crippen LogP) is 3.56. The number of ether oxygens (including phenoxy) is 1. The predicted molar refractivity (Wildman–Crippen MR) is 79.9 cm³/mol. The number of benzene rings is 2. The highest BCUT2D eigenvalue weighted by Gasteiger charge is 2.03. The highest BCUT2D eigenvalue weighted by Crippen LogP contribution is 2.20. The summed E-state index contributed by atoms with van der Waals surface area (Å²) in [6.45, 7) is 2.72. The second-order valence-corrected chi connectivity index (χ2v) is 4.78. The number of aromatic nitrogens is 2. The number of fused-ring (bicyclic) bond motifs is 1. The third kappa shape index (κ3) is 2.77. The molecule has 3 heteroatoms. The van der Waals surface area contributed by atoms with Crippen LogP contribution in [0.5, 0.6) is 5.88 Å². The summed E-state index contributed by atoms with van der Waals surface area (Å²) >= 11 is 0. The van der Waals surface area contributed by atoms with Crippen molar-refractivity contribution in [1.29, 1.82) is 0 Å². The van der Waals surface area contributed by atoms with E-state index in [0.717, 1.165) is 17.3 Å². The van der Waals surface area contributed by atoms with Crippen LogP contribution >= 0.6 is 0 Å². The zero-order valence-corrected chi connectivity index (χ0v) is 11.4. The van der Waals surface area contributed by atoms with E-state index in [1.807, 2.05) is 24.3 Å². The van der Waals surface area contributed by atoms with Crippen molar-refractivity contribution < 1.29 is 4.74 Å². The number of para-hydroxylation sites is 1. The average Bonchev–Trinajstić information content (AvgIpc) is 2.48. The molecule has 0 aliphatic carbocycles. The molecule has 0 aliphatic heterocycles. The Morgan fingerprint density at radius 2 is 1.90 bits per heavy atom. The highest BCUT2D eigenvalue weighted by atomic mass is 16.5. The Hall–Kier alpha value is -2.42. The molecule has 3 rings (SSSR count). The molecule has 100 valence electrons. The summed E-state index contributed by atoms with van der Waals surface area (Å²) < 4.78 is 5.81. The van der Waals surface area contributed by atoms with Crippen LogP contribution in [-0.2, 0) is 6.42 Å². The molecule has 0 radical (unpaired) electrons. The fourth-order valence-electron chi connectivity index (χ4n) is 2.23. The summed E-state index contributed by atoms with van der Waals surface area (Å²) in [5, 5.41) is 0.958. The molecule has 0 fully saturated rings. The summed E-state index contributed by atoms with van der Waals surface area (Å²) in [6, 6.07) is 16.4. The van der Waals surface area contributed by atoms with Gasteiger partial charge >= 0.3 is 0 Å². The maximum atomic E-state index is 5.81. The van der Waals surface area contributed by atoms with Gasteiger partial charge in [0.15, 0.2) is 0 Å². The molecule has 0 aliphatic rings. The first-order valence-corrected chi connectivity index (χ1v) is 6.71. The van der Waals surface area contributed by atoms with Crippen LogP contribution in [0.4, 0.5) is 0 Å². The van der Waals surface area contributed by atoms with E-state index in [0.29, 0.717) is 12.5 Å². The third-order valence-corrected chi connectivity index (χ3v) is 3.22. The minimum absolute atomic E-state index is 0.616. The fraction of sp³-hybridized carbons (Fsp3) is 0.176. The van der Waals surface area contributed by atoms with E-state index in [1.54, 1.807) is 6.33 Å². The van der Waals surface area contributed by atoms with Gasteiger partial charge in [0.25, 0.3) is 0 Å². The van der Waals surface area contributed by atoms with Crippen LogP contribution < -0.4 is 4.74 Å². The van der Waals surface area contributed by atoms with Crippen molar-refractivity contribution in [2.24, 2.45) is 0 Å². The minimum Gasteiger partial charge on any atom is -0.477 e. The van der Waals surface area contributed by atoms with Crippen molar-refractivity contribution in [2.75, 3.05) is 6.61 Å². The molecular formula is C17H16N2O. The second-order valence-electron chi connectivity index (χ2n) is 4.78. The molecule has 0 bridgehead atoms. The van der Waals surface area contributed by atoms with E-state index in [-0.39, 0.29) is 0 Å². The van der Waals surface area contributed by atoms with Gasteiger partial charge in [-0.25, -0.2) is 9.97 Å². The normalized spacial score (nSPS) is 10.7. The average molecular weight is 264 g/mol. The van der Waals surface area contributed by atoms with E-state index < -0.39 is 0 Å². The molecule has 0 saturated carbocycles. The monoisotopic (exact) mass is 264 g/mol. The molecule has 20 heavy (non-hydrogen) atoms. The first-order valence-electron chi connectivity index (χ1n) is 6.71. The molecule has 3 nitrogen and oxygen atoms in total. The van der Waals surface area contributed by atoms with Gasteiger partial charge in [-0.15, -0.1) is 0 Å². The van der Waals surface area contributed by atoms with Gasteiger partial charge in [0.05, 0.1) is 17.5 Å². The zero-order valence-electron chi connectivity index (χ0n) is 11.4.